The van der Waals surface area contributed by atoms with Gasteiger partial charge in [0.15, 0.2) is 0 Å². The fourth-order valence-electron chi connectivity index (χ4n) is 2.10. The Morgan fingerprint density at radius 3 is 2.62 bits per heavy atom. The van der Waals surface area contributed by atoms with Gasteiger partial charge in [0.2, 0.25) is 0 Å². The van der Waals surface area contributed by atoms with Crippen molar-refractivity contribution < 1.29 is 9.50 Å². The fraction of sp³-hybridized carbons (Fsp3) is 0.133. The van der Waals surface area contributed by atoms with E-state index in [-0.39, 0.29) is 17.9 Å². The van der Waals surface area contributed by atoms with Crippen molar-refractivity contribution in [1.29, 1.82) is 0 Å². The van der Waals surface area contributed by atoms with Crippen LogP contribution in [0.1, 0.15) is 11.7 Å². The minimum absolute atomic E-state index is 0.0394. The molecule has 0 fully saturated rings. The standard InChI is InChI=1S/C15H12FN3O2/c16-11-7-5-10(6-8-11)14(20)9-19-15(21)12-3-1-2-4-13(12)17-18-19/h1-8,14,20H,9H2. The van der Waals surface area contributed by atoms with Crippen LogP contribution in [0, 0.1) is 5.82 Å². The van der Waals surface area contributed by atoms with E-state index in [1.807, 2.05) is 0 Å². The lowest BCUT2D eigenvalue weighted by molar-refractivity contribution is 0.148. The van der Waals surface area contributed by atoms with Crippen molar-refractivity contribution in [2.75, 3.05) is 0 Å². The predicted molar refractivity (Wildman–Crippen MR) is 75.2 cm³/mol. The molecule has 21 heavy (non-hydrogen) atoms. The Bertz CT molecular complexity index is 830. The van der Waals surface area contributed by atoms with Gasteiger partial charge in [-0.3, -0.25) is 4.79 Å². The SMILES string of the molecule is O=c1c2ccccc2nnn1CC(O)c1ccc(F)cc1. The number of aliphatic hydroxyl groups is 1. The van der Waals surface area contributed by atoms with Crippen LogP contribution in [-0.2, 0) is 6.54 Å². The minimum atomic E-state index is -0.959. The van der Waals surface area contributed by atoms with Crippen LogP contribution in [-0.4, -0.2) is 20.1 Å². The average molecular weight is 285 g/mol. The van der Waals surface area contributed by atoms with E-state index in [1.165, 1.54) is 24.3 Å². The van der Waals surface area contributed by atoms with Crippen LogP contribution in [0.3, 0.4) is 0 Å². The van der Waals surface area contributed by atoms with Crippen LogP contribution in [0.15, 0.2) is 53.3 Å². The Kier molecular flexibility index (Phi) is 3.45. The Hall–Kier alpha value is -2.60. The van der Waals surface area contributed by atoms with Gasteiger partial charge in [-0.15, -0.1) is 5.10 Å². The molecule has 1 aromatic heterocycles. The zero-order valence-corrected chi connectivity index (χ0v) is 11.0. The highest BCUT2D eigenvalue weighted by Crippen LogP contribution is 2.14. The molecule has 0 saturated carbocycles. The molecular weight excluding hydrogens is 273 g/mol. The fourth-order valence-corrected chi connectivity index (χ4v) is 2.10. The largest absolute Gasteiger partial charge is 0.386 e. The van der Waals surface area contributed by atoms with Crippen LogP contribution in [0.4, 0.5) is 4.39 Å². The van der Waals surface area contributed by atoms with Crippen LogP contribution >= 0.6 is 0 Å². The lowest BCUT2D eigenvalue weighted by Crippen LogP contribution is -2.27. The van der Waals surface area contributed by atoms with E-state index in [2.05, 4.69) is 10.3 Å². The molecule has 0 radical (unpaired) electrons. The van der Waals surface area contributed by atoms with Gasteiger partial charge in [-0.25, -0.2) is 9.07 Å². The first-order chi connectivity index (χ1) is 10.1. The second kappa shape index (κ2) is 5.41. The molecule has 1 atom stereocenters. The van der Waals surface area contributed by atoms with Crippen molar-refractivity contribution in [2.45, 2.75) is 12.6 Å². The van der Waals surface area contributed by atoms with Gasteiger partial charge in [0, 0.05) is 0 Å². The number of aromatic nitrogens is 3. The van der Waals surface area contributed by atoms with Crippen molar-refractivity contribution in [3.63, 3.8) is 0 Å². The van der Waals surface area contributed by atoms with Crippen LogP contribution in [0.2, 0.25) is 0 Å². The molecule has 0 bridgehead atoms. The highest BCUT2D eigenvalue weighted by atomic mass is 19.1. The Balaban J connectivity index is 1.93. The third kappa shape index (κ3) is 2.66. The van der Waals surface area contributed by atoms with E-state index in [0.29, 0.717) is 16.5 Å². The van der Waals surface area contributed by atoms with Gasteiger partial charge < -0.3 is 5.11 Å². The summed E-state index contributed by atoms with van der Waals surface area (Å²) in [5.41, 5.74) is 0.704. The number of hydrogen-bond donors (Lipinski definition) is 1. The van der Waals surface area contributed by atoms with Crippen LogP contribution in [0.5, 0.6) is 0 Å². The lowest BCUT2D eigenvalue weighted by atomic mass is 10.1. The number of aliphatic hydroxyl groups excluding tert-OH is 1. The maximum Gasteiger partial charge on any atom is 0.277 e. The molecule has 1 unspecified atom stereocenters. The first-order valence-electron chi connectivity index (χ1n) is 6.41. The summed E-state index contributed by atoms with van der Waals surface area (Å²) in [6.45, 7) is -0.0394. The van der Waals surface area contributed by atoms with Crippen molar-refractivity contribution in [2.24, 2.45) is 0 Å². The predicted octanol–water partition coefficient (Wildman–Crippen LogP) is 1.66. The number of nitrogens with zero attached hydrogens (tertiary/aromatic N) is 3. The lowest BCUT2D eigenvalue weighted by Gasteiger charge is -2.11. The second-order valence-corrected chi connectivity index (χ2v) is 4.66. The molecule has 2 aromatic carbocycles. The third-order valence-electron chi connectivity index (χ3n) is 3.23. The summed E-state index contributed by atoms with van der Waals surface area (Å²) in [5.74, 6) is -0.381. The number of hydrogen-bond acceptors (Lipinski definition) is 4. The van der Waals surface area contributed by atoms with Gasteiger partial charge in [0.1, 0.15) is 11.3 Å². The maximum atomic E-state index is 12.9. The summed E-state index contributed by atoms with van der Waals surface area (Å²) in [6, 6.07) is 12.3. The molecule has 6 heteroatoms. The molecule has 0 aliphatic carbocycles. The molecule has 1 heterocycles. The summed E-state index contributed by atoms with van der Waals surface area (Å²) < 4.78 is 14.0. The van der Waals surface area contributed by atoms with E-state index in [4.69, 9.17) is 0 Å². The summed E-state index contributed by atoms with van der Waals surface area (Å²) in [5, 5.41) is 18.3. The molecule has 106 valence electrons. The highest BCUT2D eigenvalue weighted by Gasteiger charge is 2.12. The molecule has 0 saturated heterocycles. The van der Waals surface area contributed by atoms with Gasteiger partial charge in [-0.2, -0.15) is 0 Å². The Morgan fingerprint density at radius 1 is 1.14 bits per heavy atom. The van der Waals surface area contributed by atoms with E-state index in [9.17, 15) is 14.3 Å². The van der Waals surface area contributed by atoms with Crippen molar-refractivity contribution in [3.8, 4) is 0 Å². The van der Waals surface area contributed by atoms with Crippen LogP contribution < -0.4 is 5.56 Å². The van der Waals surface area contributed by atoms with Gasteiger partial charge in [0.25, 0.3) is 5.56 Å². The van der Waals surface area contributed by atoms with E-state index < -0.39 is 6.10 Å². The molecule has 5 nitrogen and oxygen atoms in total. The number of benzene rings is 2. The van der Waals surface area contributed by atoms with E-state index in [1.54, 1.807) is 24.3 Å². The minimum Gasteiger partial charge on any atom is -0.386 e. The molecule has 1 N–H and O–H groups in total. The quantitative estimate of drug-likeness (QED) is 0.794. The molecule has 3 rings (SSSR count). The molecule has 0 aliphatic rings. The maximum absolute atomic E-state index is 12.9. The van der Waals surface area contributed by atoms with Gasteiger partial charge in [0.05, 0.1) is 18.0 Å². The molecule has 3 aromatic rings. The first kappa shape index (κ1) is 13.4. The third-order valence-corrected chi connectivity index (χ3v) is 3.23. The number of halogens is 1. The Labute approximate surface area is 119 Å². The molecule has 0 aliphatic heterocycles. The topological polar surface area (TPSA) is 68.0 Å². The van der Waals surface area contributed by atoms with Crippen molar-refractivity contribution in [3.05, 3.63) is 70.3 Å². The number of fused-ring (bicyclic) bond motifs is 1. The summed E-state index contributed by atoms with van der Waals surface area (Å²) >= 11 is 0. The molecular formula is C15H12FN3O2. The monoisotopic (exact) mass is 285 g/mol. The van der Waals surface area contributed by atoms with Crippen LogP contribution in [0.25, 0.3) is 10.9 Å². The number of rotatable bonds is 3. The second-order valence-electron chi connectivity index (χ2n) is 4.66. The van der Waals surface area contributed by atoms with Gasteiger partial charge in [-0.05, 0) is 29.8 Å². The summed E-state index contributed by atoms with van der Waals surface area (Å²) in [4.78, 5) is 12.2. The smallest absolute Gasteiger partial charge is 0.277 e. The van der Waals surface area contributed by atoms with E-state index >= 15 is 0 Å². The zero-order valence-electron chi connectivity index (χ0n) is 11.0. The van der Waals surface area contributed by atoms with E-state index in [0.717, 1.165) is 4.68 Å². The summed E-state index contributed by atoms with van der Waals surface area (Å²) in [6.07, 6.45) is -0.959. The average Bonchev–Trinajstić information content (AvgIpc) is 2.51. The Morgan fingerprint density at radius 2 is 1.86 bits per heavy atom. The molecule has 0 amide bonds. The first-order valence-corrected chi connectivity index (χ1v) is 6.41. The molecule has 0 spiro atoms. The van der Waals surface area contributed by atoms with Gasteiger partial charge in [-0.1, -0.05) is 29.5 Å². The van der Waals surface area contributed by atoms with Crippen molar-refractivity contribution >= 4 is 10.9 Å². The zero-order chi connectivity index (χ0) is 14.8. The van der Waals surface area contributed by atoms with Gasteiger partial charge >= 0.3 is 0 Å². The highest BCUT2D eigenvalue weighted by molar-refractivity contribution is 5.76. The summed E-state index contributed by atoms with van der Waals surface area (Å²) in [7, 11) is 0. The van der Waals surface area contributed by atoms with Crippen molar-refractivity contribution in [1.82, 2.24) is 15.0 Å². The normalized spacial score (nSPS) is 12.5.